The van der Waals surface area contributed by atoms with Crippen molar-refractivity contribution in [3.8, 4) is 0 Å². The van der Waals surface area contributed by atoms with Crippen LogP contribution in [0.4, 0.5) is 5.69 Å². The molecule has 0 aliphatic rings. The van der Waals surface area contributed by atoms with E-state index in [-0.39, 0.29) is 11.8 Å². The zero-order valence-corrected chi connectivity index (χ0v) is 12.4. The summed E-state index contributed by atoms with van der Waals surface area (Å²) < 4.78 is 2.20. The minimum atomic E-state index is -0.479. The molecule has 0 saturated heterocycles. The molecule has 2 rings (SSSR count). The molecule has 2 aromatic rings. The maximum Gasteiger partial charge on any atom is 0.241 e. The fraction of sp³-hybridized carbons (Fsp3) is 0.438. The minimum absolute atomic E-state index is 0.127. The summed E-state index contributed by atoms with van der Waals surface area (Å²) >= 11 is 0. The van der Waals surface area contributed by atoms with Gasteiger partial charge in [-0.15, -0.1) is 0 Å². The number of carbonyl (C=O) groups excluding carboxylic acids is 1. The number of benzene rings is 1. The zero-order chi connectivity index (χ0) is 14.7. The Balaban J connectivity index is 2.22. The van der Waals surface area contributed by atoms with Crippen LogP contribution in [0.5, 0.6) is 0 Å². The predicted octanol–water partition coefficient (Wildman–Crippen LogP) is 2.97. The van der Waals surface area contributed by atoms with E-state index in [9.17, 15) is 4.79 Å². The molecule has 0 saturated carbocycles. The van der Waals surface area contributed by atoms with Gasteiger partial charge in [0, 0.05) is 18.4 Å². The molecule has 0 aliphatic heterocycles. The Bertz CT molecular complexity index is 601. The van der Waals surface area contributed by atoms with Crippen molar-refractivity contribution >= 4 is 22.5 Å². The molecule has 0 unspecified atom stereocenters. The van der Waals surface area contributed by atoms with Crippen LogP contribution in [0.25, 0.3) is 10.9 Å². The van der Waals surface area contributed by atoms with Crippen molar-refractivity contribution in [2.24, 2.45) is 11.7 Å². The van der Waals surface area contributed by atoms with E-state index in [1.54, 1.807) is 0 Å². The molecule has 1 aromatic carbocycles. The van der Waals surface area contributed by atoms with Crippen LogP contribution in [0, 0.1) is 5.92 Å². The first-order valence-corrected chi connectivity index (χ1v) is 7.18. The van der Waals surface area contributed by atoms with Crippen LogP contribution in [0.3, 0.4) is 0 Å². The van der Waals surface area contributed by atoms with Crippen molar-refractivity contribution in [1.29, 1.82) is 0 Å². The first kappa shape index (κ1) is 14.6. The van der Waals surface area contributed by atoms with Crippen molar-refractivity contribution in [1.82, 2.24) is 4.57 Å². The molecule has 0 fully saturated rings. The van der Waals surface area contributed by atoms with E-state index < -0.39 is 6.04 Å². The van der Waals surface area contributed by atoms with Gasteiger partial charge in [0.1, 0.15) is 0 Å². The van der Waals surface area contributed by atoms with E-state index >= 15 is 0 Å². The topological polar surface area (TPSA) is 60.0 Å². The van der Waals surface area contributed by atoms with Gasteiger partial charge in [-0.3, -0.25) is 4.79 Å². The molecule has 0 spiro atoms. The molecule has 1 amide bonds. The highest BCUT2D eigenvalue weighted by Crippen LogP contribution is 2.21. The van der Waals surface area contributed by atoms with E-state index in [0.717, 1.165) is 24.2 Å². The average Bonchev–Trinajstić information content (AvgIpc) is 2.81. The highest BCUT2D eigenvalue weighted by atomic mass is 16.2. The number of fused-ring (bicyclic) bond motifs is 1. The number of hydrogen-bond donors (Lipinski definition) is 2. The number of amides is 1. The lowest BCUT2D eigenvalue weighted by molar-refractivity contribution is -0.118. The number of nitrogens with zero attached hydrogens (tertiary/aromatic N) is 1. The zero-order valence-electron chi connectivity index (χ0n) is 12.4. The molecule has 1 aromatic heterocycles. The third kappa shape index (κ3) is 3.02. The number of nitrogens with two attached hydrogens (primary N) is 1. The highest BCUT2D eigenvalue weighted by Gasteiger charge is 2.17. The van der Waals surface area contributed by atoms with Crippen LogP contribution in [0.2, 0.25) is 0 Å². The molecule has 20 heavy (non-hydrogen) atoms. The SMILES string of the molecule is CCCn1ccc2ccc(NC(=O)[C@@H](N)C(C)C)cc21. The van der Waals surface area contributed by atoms with Gasteiger partial charge in [0.25, 0.3) is 0 Å². The van der Waals surface area contributed by atoms with Crippen molar-refractivity contribution in [2.45, 2.75) is 39.8 Å². The van der Waals surface area contributed by atoms with Gasteiger partial charge in [-0.05, 0) is 35.9 Å². The third-order valence-corrected chi connectivity index (χ3v) is 3.53. The molecule has 0 bridgehead atoms. The van der Waals surface area contributed by atoms with Gasteiger partial charge in [0.15, 0.2) is 0 Å². The Morgan fingerprint density at radius 2 is 2.10 bits per heavy atom. The van der Waals surface area contributed by atoms with Gasteiger partial charge < -0.3 is 15.6 Å². The summed E-state index contributed by atoms with van der Waals surface area (Å²) in [5.41, 5.74) is 7.80. The van der Waals surface area contributed by atoms with Gasteiger partial charge >= 0.3 is 0 Å². The maximum absolute atomic E-state index is 12.0. The Morgan fingerprint density at radius 1 is 1.35 bits per heavy atom. The molecular weight excluding hydrogens is 250 g/mol. The van der Waals surface area contributed by atoms with Crippen molar-refractivity contribution < 1.29 is 4.79 Å². The van der Waals surface area contributed by atoms with Gasteiger partial charge in [0.05, 0.1) is 11.6 Å². The molecule has 108 valence electrons. The second-order valence-electron chi connectivity index (χ2n) is 5.54. The maximum atomic E-state index is 12.0. The second kappa shape index (κ2) is 6.09. The number of anilines is 1. The average molecular weight is 273 g/mol. The Hall–Kier alpha value is -1.81. The smallest absolute Gasteiger partial charge is 0.241 e. The van der Waals surface area contributed by atoms with Crippen LogP contribution < -0.4 is 11.1 Å². The van der Waals surface area contributed by atoms with Crippen LogP contribution in [0.1, 0.15) is 27.2 Å². The standard InChI is InChI=1S/C16H23N3O/c1-4-8-19-9-7-12-5-6-13(10-14(12)19)18-16(20)15(17)11(2)3/h5-7,9-11,15H,4,8,17H2,1-3H3,(H,18,20)/t15-/m0/s1. The van der Waals surface area contributed by atoms with E-state index in [4.69, 9.17) is 5.73 Å². The molecule has 0 radical (unpaired) electrons. The summed E-state index contributed by atoms with van der Waals surface area (Å²) in [6.45, 7) is 7.02. The van der Waals surface area contributed by atoms with E-state index in [1.807, 2.05) is 32.0 Å². The lowest BCUT2D eigenvalue weighted by Crippen LogP contribution is -2.39. The van der Waals surface area contributed by atoms with Crippen LogP contribution in [-0.4, -0.2) is 16.5 Å². The summed E-state index contributed by atoms with van der Waals surface area (Å²) in [7, 11) is 0. The van der Waals surface area contributed by atoms with Gasteiger partial charge in [-0.2, -0.15) is 0 Å². The van der Waals surface area contributed by atoms with Crippen molar-refractivity contribution in [2.75, 3.05) is 5.32 Å². The minimum Gasteiger partial charge on any atom is -0.347 e. The number of carbonyl (C=O) groups is 1. The van der Waals surface area contributed by atoms with E-state index in [1.165, 1.54) is 5.39 Å². The summed E-state index contributed by atoms with van der Waals surface area (Å²) in [4.78, 5) is 12.0. The normalized spacial score (nSPS) is 12.8. The van der Waals surface area contributed by atoms with Crippen LogP contribution >= 0.6 is 0 Å². The van der Waals surface area contributed by atoms with Gasteiger partial charge in [0.2, 0.25) is 5.91 Å². The van der Waals surface area contributed by atoms with Crippen molar-refractivity contribution in [3.63, 3.8) is 0 Å². The molecule has 1 heterocycles. The molecule has 4 nitrogen and oxygen atoms in total. The Morgan fingerprint density at radius 3 is 2.75 bits per heavy atom. The lowest BCUT2D eigenvalue weighted by Gasteiger charge is -2.15. The number of aryl methyl sites for hydroxylation is 1. The lowest BCUT2D eigenvalue weighted by atomic mass is 10.0. The first-order valence-electron chi connectivity index (χ1n) is 7.18. The molecule has 0 aliphatic carbocycles. The second-order valence-corrected chi connectivity index (χ2v) is 5.54. The fourth-order valence-corrected chi connectivity index (χ4v) is 2.23. The number of aromatic nitrogens is 1. The number of hydrogen-bond acceptors (Lipinski definition) is 2. The first-order chi connectivity index (χ1) is 9.52. The molecule has 1 atom stereocenters. The molecule has 3 N–H and O–H groups in total. The Labute approximate surface area is 120 Å². The monoisotopic (exact) mass is 273 g/mol. The van der Waals surface area contributed by atoms with Crippen LogP contribution in [-0.2, 0) is 11.3 Å². The van der Waals surface area contributed by atoms with Crippen LogP contribution in [0.15, 0.2) is 30.5 Å². The highest BCUT2D eigenvalue weighted by molar-refractivity contribution is 5.96. The summed E-state index contributed by atoms with van der Waals surface area (Å²) in [5, 5.41) is 4.08. The predicted molar refractivity (Wildman–Crippen MR) is 83.7 cm³/mol. The number of rotatable bonds is 5. The Kier molecular flexibility index (Phi) is 4.45. The summed E-state index contributed by atoms with van der Waals surface area (Å²) in [6, 6.07) is 7.57. The largest absolute Gasteiger partial charge is 0.347 e. The molecular formula is C16H23N3O. The van der Waals surface area contributed by atoms with E-state index in [2.05, 4.69) is 29.1 Å². The van der Waals surface area contributed by atoms with Gasteiger partial charge in [-0.1, -0.05) is 26.8 Å². The van der Waals surface area contributed by atoms with Gasteiger partial charge in [-0.25, -0.2) is 0 Å². The van der Waals surface area contributed by atoms with E-state index in [0.29, 0.717) is 0 Å². The fourth-order valence-electron chi connectivity index (χ4n) is 2.23. The summed E-state index contributed by atoms with van der Waals surface area (Å²) in [6.07, 6.45) is 3.16. The number of nitrogens with one attached hydrogen (secondary N) is 1. The molecule has 4 heteroatoms. The summed E-state index contributed by atoms with van der Waals surface area (Å²) in [5.74, 6) is -0.00404. The third-order valence-electron chi connectivity index (χ3n) is 3.53. The van der Waals surface area contributed by atoms with Crippen molar-refractivity contribution in [3.05, 3.63) is 30.5 Å². The quantitative estimate of drug-likeness (QED) is 0.879.